The maximum atomic E-state index is 6.16. The van der Waals surface area contributed by atoms with Gasteiger partial charge in [0, 0.05) is 42.7 Å². The molecule has 3 aromatic heterocycles. The summed E-state index contributed by atoms with van der Waals surface area (Å²) >= 11 is 1.69. The zero-order valence-corrected chi connectivity index (χ0v) is 19.1. The Labute approximate surface area is 191 Å². The smallest absolute Gasteiger partial charge is 0.184 e. The Balaban J connectivity index is 1.29. The molecule has 0 aliphatic heterocycles. The monoisotopic (exact) mass is 448 g/mol. The van der Waals surface area contributed by atoms with Gasteiger partial charge < -0.3 is 15.4 Å². The number of fused-ring (bicyclic) bond motifs is 1. The second-order valence-corrected chi connectivity index (χ2v) is 9.23. The molecule has 1 saturated carbocycles. The number of likely N-dealkylation sites (N-methyl/N-ethyl adjacent to an activating group) is 1. The van der Waals surface area contributed by atoms with Crippen LogP contribution in [0.1, 0.15) is 32.1 Å². The summed E-state index contributed by atoms with van der Waals surface area (Å²) < 4.78 is 9.20. The number of hydrogen-bond acceptors (Lipinski definition) is 7. The molecule has 1 aromatic carbocycles. The van der Waals surface area contributed by atoms with E-state index in [1.165, 1.54) is 32.1 Å². The van der Waals surface area contributed by atoms with Crippen LogP contribution >= 0.6 is 11.3 Å². The van der Waals surface area contributed by atoms with Gasteiger partial charge in [-0.2, -0.15) is 5.10 Å². The molecular weight excluding hydrogens is 420 g/mol. The number of hydrogen-bond donors (Lipinski definition) is 2. The third kappa shape index (κ3) is 4.92. The molecular formula is C24H28N6OS. The Morgan fingerprint density at radius 1 is 1.12 bits per heavy atom. The summed E-state index contributed by atoms with van der Waals surface area (Å²) in [7, 11) is 1.93. The van der Waals surface area contributed by atoms with Gasteiger partial charge >= 0.3 is 0 Å². The molecule has 0 spiro atoms. The minimum Gasteiger partial charge on any atom is -0.457 e. The fraction of sp³-hybridized carbons (Fsp3) is 0.375. The Morgan fingerprint density at radius 3 is 2.88 bits per heavy atom. The average molecular weight is 449 g/mol. The molecule has 0 unspecified atom stereocenters. The molecule has 0 amide bonds. The molecule has 0 radical (unpaired) electrons. The molecule has 1 fully saturated rings. The SMILES string of the molecule is CNCCn1cc(-c2cc(Oc3ccc4nc(NC5CCCCC5)sc4c3)ccn2)cn1. The summed E-state index contributed by atoms with van der Waals surface area (Å²) in [6, 6.07) is 10.4. The molecule has 1 aliphatic carbocycles. The van der Waals surface area contributed by atoms with E-state index in [0.29, 0.717) is 6.04 Å². The zero-order valence-electron chi connectivity index (χ0n) is 18.3. The highest BCUT2D eigenvalue weighted by Gasteiger charge is 2.15. The standard InChI is InChI=1S/C24H28N6OS/c1-25-11-12-30-16-17(15-27-30)22-13-20(9-10-26-22)31-19-7-8-21-23(14-19)32-24(29-21)28-18-5-3-2-4-6-18/h7-10,13-16,18,25H,2-6,11-12H2,1H3,(H,28,29). The lowest BCUT2D eigenvalue weighted by atomic mass is 9.96. The van der Waals surface area contributed by atoms with Gasteiger partial charge in [-0.15, -0.1) is 0 Å². The van der Waals surface area contributed by atoms with Gasteiger partial charge in [-0.3, -0.25) is 9.67 Å². The summed E-state index contributed by atoms with van der Waals surface area (Å²) in [5.74, 6) is 1.55. The van der Waals surface area contributed by atoms with Crippen LogP contribution in [0, 0.1) is 0 Å². The first-order valence-electron chi connectivity index (χ1n) is 11.3. The lowest BCUT2D eigenvalue weighted by Crippen LogP contribution is -2.21. The van der Waals surface area contributed by atoms with Crippen molar-refractivity contribution in [2.75, 3.05) is 18.9 Å². The van der Waals surface area contributed by atoms with Crippen molar-refractivity contribution in [2.24, 2.45) is 0 Å². The van der Waals surface area contributed by atoms with Crippen molar-refractivity contribution in [3.05, 3.63) is 48.9 Å². The van der Waals surface area contributed by atoms with E-state index in [1.54, 1.807) is 17.5 Å². The Bertz CT molecular complexity index is 1180. The highest BCUT2D eigenvalue weighted by Crippen LogP contribution is 2.33. The van der Waals surface area contributed by atoms with Crippen molar-refractivity contribution >= 4 is 26.7 Å². The van der Waals surface area contributed by atoms with Gasteiger partial charge in [0.05, 0.1) is 28.7 Å². The van der Waals surface area contributed by atoms with Crippen LogP contribution < -0.4 is 15.4 Å². The maximum Gasteiger partial charge on any atom is 0.184 e. The predicted molar refractivity (Wildman–Crippen MR) is 130 cm³/mol. The van der Waals surface area contributed by atoms with Crippen molar-refractivity contribution in [2.45, 2.75) is 44.7 Å². The Kier molecular flexibility index (Phi) is 6.31. The van der Waals surface area contributed by atoms with Crippen molar-refractivity contribution in [3.63, 3.8) is 0 Å². The van der Waals surface area contributed by atoms with Crippen LogP contribution in [0.2, 0.25) is 0 Å². The van der Waals surface area contributed by atoms with Crippen LogP contribution in [0.15, 0.2) is 48.9 Å². The molecule has 0 bridgehead atoms. The van der Waals surface area contributed by atoms with E-state index in [0.717, 1.165) is 51.2 Å². The van der Waals surface area contributed by atoms with Crippen LogP contribution in [0.4, 0.5) is 5.13 Å². The van der Waals surface area contributed by atoms with Crippen molar-refractivity contribution < 1.29 is 4.74 Å². The van der Waals surface area contributed by atoms with E-state index in [1.807, 2.05) is 48.4 Å². The molecule has 32 heavy (non-hydrogen) atoms. The molecule has 8 heteroatoms. The summed E-state index contributed by atoms with van der Waals surface area (Å²) in [6.07, 6.45) is 12.1. The number of anilines is 1. The minimum absolute atomic E-state index is 0.554. The number of aromatic nitrogens is 4. The number of ether oxygens (including phenoxy) is 1. The van der Waals surface area contributed by atoms with Gasteiger partial charge in [0.1, 0.15) is 11.5 Å². The van der Waals surface area contributed by atoms with Gasteiger partial charge in [-0.25, -0.2) is 4.98 Å². The molecule has 0 saturated heterocycles. The van der Waals surface area contributed by atoms with Crippen molar-refractivity contribution in [3.8, 4) is 22.8 Å². The van der Waals surface area contributed by atoms with Crippen LogP contribution in [0.25, 0.3) is 21.5 Å². The molecule has 5 rings (SSSR count). The number of rotatable bonds is 8. The van der Waals surface area contributed by atoms with Gasteiger partial charge in [0.15, 0.2) is 5.13 Å². The summed E-state index contributed by atoms with van der Waals surface area (Å²) in [6.45, 7) is 1.69. The number of benzene rings is 1. The lowest BCUT2D eigenvalue weighted by molar-refractivity contribution is 0.462. The number of nitrogens with zero attached hydrogens (tertiary/aromatic N) is 4. The van der Waals surface area contributed by atoms with Gasteiger partial charge in [0.25, 0.3) is 0 Å². The van der Waals surface area contributed by atoms with Crippen LogP contribution in [0.3, 0.4) is 0 Å². The van der Waals surface area contributed by atoms with Crippen LogP contribution in [-0.4, -0.2) is 39.4 Å². The number of thiazole rings is 1. The van der Waals surface area contributed by atoms with E-state index >= 15 is 0 Å². The van der Waals surface area contributed by atoms with E-state index < -0.39 is 0 Å². The molecule has 1 aliphatic rings. The fourth-order valence-electron chi connectivity index (χ4n) is 4.06. The van der Waals surface area contributed by atoms with Gasteiger partial charge in [-0.05, 0) is 38.1 Å². The highest BCUT2D eigenvalue weighted by molar-refractivity contribution is 7.22. The average Bonchev–Trinajstić information content (AvgIpc) is 3.45. The second kappa shape index (κ2) is 9.67. The third-order valence-corrected chi connectivity index (χ3v) is 6.73. The Morgan fingerprint density at radius 2 is 2.00 bits per heavy atom. The van der Waals surface area contributed by atoms with Crippen molar-refractivity contribution in [1.29, 1.82) is 0 Å². The molecule has 7 nitrogen and oxygen atoms in total. The third-order valence-electron chi connectivity index (χ3n) is 5.78. The van der Waals surface area contributed by atoms with E-state index in [-0.39, 0.29) is 0 Å². The van der Waals surface area contributed by atoms with Crippen molar-refractivity contribution in [1.82, 2.24) is 25.1 Å². The highest BCUT2D eigenvalue weighted by atomic mass is 32.1. The first-order chi connectivity index (χ1) is 15.8. The first kappa shape index (κ1) is 20.9. The first-order valence-corrected chi connectivity index (χ1v) is 12.1. The molecule has 0 atom stereocenters. The summed E-state index contributed by atoms with van der Waals surface area (Å²) in [4.78, 5) is 9.25. The topological polar surface area (TPSA) is 76.9 Å². The maximum absolute atomic E-state index is 6.16. The predicted octanol–water partition coefficient (Wildman–Crippen LogP) is 5.31. The normalized spacial score (nSPS) is 14.7. The van der Waals surface area contributed by atoms with Gasteiger partial charge in [-0.1, -0.05) is 30.6 Å². The largest absolute Gasteiger partial charge is 0.457 e. The lowest BCUT2D eigenvalue weighted by Gasteiger charge is -2.22. The Hall–Kier alpha value is -2.97. The summed E-state index contributed by atoms with van der Waals surface area (Å²) in [5.41, 5.74) is 2.82. The zero-order chi connectivity index (χ0) is 21.8. The second-order valence-electron chi connectivity index (χ2n) is 8.20. The van der Waals surface area contributed by atoms with Gasteiger partial charge in [0.2, 0.25) is 0 Å². The molecule has 166 valence electrons. The fourth-order valence-corrected chi connectivity index (χ4v) is 5.04. The van der Waals surface area contributed by atoms with E-state index in [9.17, 15) is 0 Å². The van der Waals surface area contributed by atoms with E-state index in [4.69, 9.17) is 9.72 Å². The molecule has 4 aromatic rings. The quantitative estimate of drug-likeness (QED) is 0.380. The number of nitrogens with one attached hydrogen (secondary N) is 2. The summed E-state index contributed by atoms with van der Waals surface area (Å²) in [5, 5.41) is 12.2. The van der Waals surface area contributed by atoms with Crippen LogP contribution in [-0.2, 0) is 6.54 Å². The molecule has 2 N–H and O–H groups in total. The van der Waals surface area contributed by atoms with Crippen LogP contribution in [0.5, 0.6) is 11.5 Å². The molecule has 3 heterocycles. The number of pyridine rings is 1. The van der Waals surface area contributed by atoms with E-state index in [2.05, 4.69) is 26.8 Å². The minimum atomic E-state index is 0.554.